The zero-order chi connectivity index (χ0) is 11.9. The molecule has 2 nitrogen and oxygen atoms in total. The third kappa shape index (κ3) is 3.47. The van der Waals surface area contributed by atoms with Gasteiger partial charge in [0.25, 0.3) is 0 Å². The number of nitrogens with zero attached hydrogens (tertiary/aromatic N) is 1. The summed E-state index contributed by atoms with van der Waals surface area (Å²) in [6, 6.07) is 8.46. The molecule has 1 aromatic rings. The van der Waals surface area contributed by atoms with Crippen LogP contribution in [0.15, 0.2) is 24.3 Å². The standard InChI is InChI=1S/C15H22NO/c1-2-3-6-11-17-15-8-5-4-7-14(15)13-9-10-16-12-13/h4-5,7-8,13H,2-3,6,9-12H2,1H3. The number of hydrogen-bond donors (Lipinski definition) is 0. The maximum absolute atomic E-state index is 5.91. The van der Waals surface area contributed by atoms with Crippen LogP contribution in [-0.2, 0) is 0 Å². The van der Waals surface area contributed by atoms with E-state index in [1.165, 1.54) is 24.8 Å². The van der Waals surface area contributed by atoms with Crippen molar-refractivity contribution in [1.82, 2.24) is 5.32 Å². The summed E-state index contributed by atoms with van der Waals surface area (Å²) in [5.41, 5.74) is 1.35. The molecule has 0 saturated carbocycles. The third-order valence-electron chi connectivity index (χ3n) is 3.35. The Kier molecular flexibility index (Phi) is 4.87. The second-order valence-electron chi connectivity index (χ2n) is 4.71. The highest BCUT2D eigenvalue weighted by Crippen LogP contribution is 2.31. The first-order chi connectivity index (χ1) is 8.42. The van der Waals surface area contributed by atoms with Crippen LogP contribution in [0.1, 0.15) is 44.1 Å². The molecule has 17 heavy (non-hydrogen) atoms. The van der Waals surface area contributed by atoms with Gasteiger partial charge in [0.15, 0.2) is 0 Å². The van der Waals surface area contributed by atoms with Crippen molar-refractivity contribution in [3.63, 3.8) is 0 Å². The van der Waals surface area contributed by atoms with Gasteiger partial charge in [0.1, 0.15) is 5.75 Å². The number of hydrogen-bond acceptors (Lipinski definition) is 1. The molecule has 2 heteroatoms. The van der Waals surface area contributed by atoms with Crippen LogP contribution in [0.2, 0.25) is 0 Å². The van der Waals surface area contributed by atoms with Gasteiger partial charge in [0, 0.05) is 19.0 Å². The maximum Gasteiger partial charge on any atom is 0.122 e. The highest BCUT2D eigenvalue weighted by atomic mass is 16.5. The molecule has 1 aromatic carbocycles. The van der Waals surface area contributed by atoms with Gasteiger partial charge >= 0.3 is 0 Å². The van der Waals surface area contributed by atoms with Gasteiger partial charge in [-0.05, 0) is 24.5 Å². The molecule has 1 unspecified atom stereocenters. The van der Waals surface area contributed by atoms with E-state index < -0.39 is 0 Å². The largest absolute Gasteiger partial charge is 0.493 e. The van der Waals surface area contributed by atoms with Crippen molar-refractivity contribution in [3.8, 4) is 5.75 Å². The van der Waals surface area contributed by atoms with Gasteiger partial charge in [-0.25, -0.2) is 5.32 Å². The van der Waals surface area contributed by atoms with E-state index in [9.17, 15) is 0 Å². The summed E-state index contributed by atoms with van der Waals surface area (Å²) in [7, 11) is 0. The molecule has 0 spiro atoms. The molecule has 0 bridgehead atoms. The summed E-state index contributed by atoms with van der Waals surface area (Å²) in [5.74, 6) is 1.66. The minimum Gasteiger partial charge on any atom is -0.493 e. The van der Waals surface area contributed by atoms with E-state index in [2.05, 4.69) is 36.5 Å². The molecule has 0 aromatic heterocycles. The number of ether oxygens (including phenoxy) is 1. The SMILES string of the molecule is CCCCCOc1ccccc1C1CC[N]C1. The van der Waals surface area contributed by atoms with Crippen LogP contribution >= 0.6 is 0 Å². The van der Waals surface area contributed by atoms with Crippen LogP contribution in [-0.4, -0.2) is 19.7 Å². The molecule has 0 amide bonds. The Morgan fingerprint density at radius 3 is 2.94 bits per heavy atom. The fourth-order valence-electron chi connectivity index (χ4n) is 2.32. The topological polar surface area (TPSA) is 23.3 Å². The Morgan fingerprint density at radius 1 is 1.29 bits per heavy atom. The Labute approximate surface area is 104 Å². The summed E-state index contributed by atoms with van der Waals surface area (Å²) >= 11 is 0. The van der Waals surface area contributed by atoms with Crippen LogP contribution in [0, 0.1) is 0 Å². The third-order valence-corrected chi connectivity index (χ3v) is 3.35. The monoisotopic (exact) mass is 232 g/mol. The van der Waals surface area contributed by atoms with Gasteiger partial charge < -0.3 is 4.74 Å². The van der Waals surface area contributed by atoms with E-state index in [-0.39, 0.29) is 0 Å². The minimum atomic E-state index is 0.581. The summed E-state index contributed by atoms with van der Waals surface area (Å²) < 4.78 is 5.91. The van der Waals surface area contributed by atoms with Crippen LogP contribution < -0.4 is 10.1 Å². The van der Waals surface area contributed by atoms with Crippen LogP contribution in [0.3, 0.4) is 0 Å². The Hall–Kier alpha value is -1.02. The Morgan fingerprint density at radius 2 is 2.18 bits per heavy atom. The molecule has 1 radical (unpaired) electrons. The molecule has 0 aliphatic carbocycles. The number of rotatable bonds is 6. The van der Waals surface area contributed by atoms with Crippen LogP contribution in [0.25, 0.3) is 0 Å². The fraction of sp³-hybridized carbons (Fsp3) is 0.600. The summed E-state index contributed by atoms with van der Waals surface area (Å²) in [4.78, 5) is 0. The lowest BCUT2D eigenvalue weighted by Crippen LogP contribution is -2.05. The first kappa shape index (κ1) is 12.4. The van der Waals surface area contributed by atoms with Crippen molar-refractivity contribution >= 4 is 0 Å². The zero-order valence-electron chi connectivity index (χ0n) is 10.7. The molecular formula is C15H22NO. The number of para-hydroxylation sites is 1. The van der Waals surface area contributed by atoms with E-state index in [0.29, 0.717) is 5.92 Å². The fourth-order valence-corrected chi connectivity index (χ4v) is 2.32. The normalized spacial score (nSPS) is 19.5. The zero-order valence-corrected chi connectivity index (χ0v) is 10.7. The first-order valence-corrected chi connectivity index (χ1v) is 6.76. The van der Waals surface area contributed by atoms with Crippen molar-refractivity contribution in [2.45, 2.75) is 38.5 Å². The number of benzene rings is 1. The van der Waals surface area contributed by atoms with Gasteiger partial charge in [0.2, 0.25) is 0 Å². The van der Waals surface area contributed by atoms with Gasteiger partial charge in [-0.2, -0.15) is 0 Å². The van der Waals surface area contributed by atoms with Crippen LogP contribution in [0.5, 0.6) is 5.75 Å². The van der Waals surface area contributed by atoms with Crippen molar-refractivity contribution in [3.05, 3.63) is 29.8 Å². The smallest absolute Gasteiger partial charge is 0.122 e. The van der Waals surface area contributed by atoms with Crippen molar-refractivity contribution < 1.29 is 4.74 Å². The molecular weight excluding hydrogens is 210 g/mol. The summed E-state index contributed by atoms with van der Waals surface area (Å²) in [6.45, 7) is 5.03. The Balaban J connectivity index is 1.95. The molecule has 1 fully saturated rings. The number of unbranched alkanes of at least 4 members (excludes halogenated alkanes) is 2. The lowest BCUT2D eigenvalue weighted by atomic mass is 9.97. The molecule has 1 heterocycles. The lowest BCUT2D eigenvalue weighted by molar-refractivity contribution is 0.302. The van der Waals surface area contributed by atoms with E-state index in [1.807, 2.05) is 0 Å². The van der Waals surface area contributed by atoms with Gasteiger partial charge in [0.05, 0.1) is 6.61 Å². The van der Waals surface area contributed by atoms with Crippen LogP contribution in [0.4, 0.5) is 0 Å². The minimum absolute atomic E-state index is 0.581. The highest BCUT2D eigenvalue weighted by Gasteiger charge is 2.20. The average molecular weight is 232 g/mol. The second-order valence-corrected chi connectivity index (χ2v) is 4.71. The first-order valence-electron chi connectivity index (χ1n) is 6.76. The average Bonchev–Trinajstić information content (AvgIpc) is 2.89. The van der Waals surface area contributed by atoms with Crippen molar-refractivity contribution in [2.75, 3.05) is 19.7 Å². The van der Waals surface area contributed by atoms with E-state index >= 15 is 0 Å². The summed E-state index contributed by atoms with van der Waals surface area (Å²) in [6.07, 6.45) is 4.82. The molecule has 2 rings (SSSR count). The second kappa shape index (κ2) is 6.65. The summed E-state index contributed by atoms with van der Waals surface area (Å²) in [5, 5.41) is 4.44. The highest BCUT2D eigenvalue weighted by molar-refractivity contribution is 5.37. The molecule has 1 aliphatic heterocycles. The molecule has 1 atom stereocenters. The predicted octanol–water partition coefficient (Wildman–Crippen LogP) is 3.35. The maximum atomic E-state index is 5.91. The van der Waals surface area contributed by atoms with E-state index in [4.69, 9.17) is 4.74 Å². The lowest BCUT2D eigenvalue weighted by Gasteiger charge is -2.15. The van der Waals surface area contributed by atoms with Crippen molar-refractivity contribution in [1.29, 1.82) is 0 Å². The molecule has 1 aliphatic rings. The van der Waals surface area contributed by atoms with E-state index in [0.717, 1.165) is 31.9 Å². The van der Waals surface area contributed by atoms with Crippen molar-refractivity contribution in [2.24, 2.45) is 0 Å². The Bertz CT molecular complexity index is 331. The molecule has 93 valence electrons. The van der Waals surface area contributed by atoms with Gasteiger partial charge in [-0.3, -0.25) is 0 Å². The molecule has 0 N–H and O–H groups in total. The van der Waals surface area contributed by atoms with Gasteiger partial charge in [-0.15, -0.1) is 0 Å². The van der Waals surface area contributed by atoms with E-state index in [1.54, 1.807) is 0 Å². The predicted molar refractivity (Wildman–Crippen MR) is 70.7 cm³/mol. The molecule has 1 saturated heterocycles. The van der Waals surface area contributed by atoms with Gasteiger partial charge in [-0.1, -0.05) is 38.0 Å². The quantitative estimate of drug-likeness (QED) is 0.690.